The lowest BCUT2D eigenvalue weighted by atomic mass is 10.1. The second-order valence-electron chi connectivity index (χ2n) is 6.71. The minimum absolute atomic E-state index is 0.00551. The van der Waals surface area contributed by atoms with Crippen molar-refractivity contribution < 1.29 is 19.2 Å². The SMILES string of the molecule is CC(C)Cn1c(N)c(C(=O)COC(=O)c2ccc([N+](=O)[O-])cc2)c(=O)n(C)c1=O. The number of esters is 1. The fourth-order valence-corrected chi connectivity index (χ4v) is 2.59. The lowest BCUT2D eigenvalue weighted by Crippen LogP contribution is -2.43. The number of nitro benzene ring substituents is 1. The summed E-state index contributed by atoms with van der Waals surface area (Å²) in [6, 6.07) is 4.60. The Labute approximate surface area is 164 Å². The Balaban J connectivity index is 2.25. The van der Waals surface area contributed by atoms with Gasteiger partial charge in [0, 0.05) is 25.7 Å². The van der Waals surface area contributed by atoms with Gasteiger partial charge in [0.1, 0.15) is 11.4 Å². The van der Waals surface area contributed by atoms with Gasteiger partial charge in [0.15, 0.2) is 6.61 Å². The molecule has 29 heavy (non-hydrogen) atoms. The number of nitrogens with two attached hydrogens (primary N) is 1. The Morgan fingerprint density at radius 3 is 2.31 bits per heavy atom. The summed E-state index contributed by atoms with van der Waals surface area (Å²) >= 11 is 0. The van der Waals surface area contributed by atoms with Crippen LogP contribution in [0, 0.1) is 16.0 Å². The molecule has 154 valence electrons. The molecule has 0 radical (unpaired) electrons. The number of nitro groups is 1. The molecule has 0 spiro atoms. The predicted molar refractivity (Wildman–Crippen MR) is 103 cm³/mol. The first-order chi connectivity index (χ1) is 13.5. The van der Waals surface area contributed by atoms with E-state index in [1.54, 1.807) is 0 Å². The number of non-ortho nitro benzene ring substituents is 1. The second kappa shape index (κ2) is 8.50. The third kappa shape index (κ3) is 4.57. The maximum absolute atomic E-state index is 12.5. The van der Waals surface area contributed by atoms with Gasteiger partial charge >= 0.3 is 11.7 Å². The number of Topliss-reactive ketones (excluding diaryl/α,β-unsaturated/α-hetero) is 1. The molecular formula is C18H20N4O7. The molecule has 0 aliphatic carbocycles. The van der Waals surface area contributed by atoms with Crippen LogP contribution in [0.25, 0.3) is 0 Å². The van der Waals surface area contributed by atoms with E-state index < -0.39 is 40.1 Å². The van der Waals surface area contributed by atoms with Crippen molar-refractivity contribution >= 4 is 23.3 Å². The van der Waals surface area contributed by atoms with E-state index in [0.29, 0.717) is 0 Å². The molecule has 0 amide bonds. The number of nitrogen functional groups attached to an aromatic ring is 1. The molecule has 2 aromatic rings. The van der Waals surface area contributed by atoms with Crippen LogP contribution in [-0.4, -0.2) is 32.4 Å². The summed E-state index contributed by atoms with van der Waals surface area (Å²) < 4.78 is 6.79. The van der Waals surface area contributed by atoms with Crippen LogP contribution in [0.1, 0.15) is 34.6 Å². The first kappa shape index (κ1) is 21.5. The summed E-state index contributed by atoms with van der Waals surface area (Å²) in [6.45, 7) is 3.09. The zero-order valence-electron chi connectivity index (χ0n) is 16.1. The van der Waals surface area contributed by atoms with Gasteiger partial charge in [-0.3, -0.25) is 28.8 Å². The van der Waals surface area contributed by atoms with Crippen molar-refractivity contribution in [2.75, 3.05) is 12.3 Å². The maximum Gasteiger partial charge on any atom is 0.338 e. The number of carbonyl (C=O) groups is 2. The van der Waals surface area contributed by atoms with Crippen LogP contribution in [0.2, 0.25) is 0 Å². The van der Waals surface area contributed by atoms with Crippen LogP contribution in [-0.2, 0) is 18.3 Å². The monoisotopic (exact) mass is 404 g/mol. The molecule has 0 saturated carbocycles. The number of hydrogen-bond acceptors (Lipinski definition) is 8. The molecule has 0 unspecified atom stereocenters. The van der Waals surface area contributed by atoms with Gasteiger partial charge in [-0.25, -0.2) is 9.59 Å². The number of anilines is 1. The summed E-state index contributed by atoms with van der Waals surface area (Å²) in [5.41, 5.74) is 3.70. The van der Waals surface area contributed by atoms with Crippen LogP contribution in [0.15, 0.2) is 33.9 Å². The fourth-order valence-electron chi connectivity index (χ4n) is 2.59. The summed E-state index contributed by atoms with van der Waals surface area (Å²) in [7, 11) is 1.22. The zero-order chi connectivity index (χ0) is 21.9. The van der Waals surface area contributed by atoms with Crippen molar-refractivity contribution in [1.82, 2.24) is 9.13 Å². The number of hydrogen-bond donors (Lipinski definition) is 1. The number of carbonyl (C=O) groups excluding carboxylic acids is 2. The van der Waals surface area contributed by atoms with Gasteiger partial charge in [0.05, 0.1) is 10.5 Å². The summed E-state index contributed by atoms with van der Waals surface area (Å²) in [4.78, 5) is 59.2. The third-order valence-electron chi connectivity index (χ3n) is 4.06. The number of nitrogens with zero attached hydrogens (tertiary/aromatic N) is 3. The number of benzene rings is 1. The Hall–Kier alpha value is -3.76. The normalized spacial score (nSPS) is 10.8. The Morgan fingerprint density at radius 1 is 1.21 bits per heavy atom. The van der Waals surface area contributed by atoms with E-state index >= 15 is 0 Å². The number of ether oxygens (including phenoxy) is 1. The Bertz CT molecular complexity index is 1080. The standard InChI is InChI=1S/C18H20N4O7/c1-10(2)8-21-15(19)14(16(24)20(3)18(21)26)13(23)9-29-17(25)11-4-6-12(7-5-11)22(27)28/h4-7,10H,8-9,19H2,1-3H3. The molecule has 1 aromatic carbocycles. The quantitative estimate of drug-likeness (QED) is 0.306. The number of aromatic nitrogens is 2. The largest absolute Gasteiger partial charge is 0.454 e. The molecule has 0 atom stereocenters. The smallest absolute Gasteiger partial charge is 0.338 e. The zero-order valence-corrected chi connectivity index (χ0v) is 16.1. The van der Waals surface area contributed by atoms with Crippen LogP contribution < -0.4 is 17.0 Å². The average Bonchev–Trinajstić information content (AvgIpc) is 2.67. The van der Waals surface area contributed by atoms with Crippen molar-refractivity contribution in [3.63, 3.8) is 0 Å². The highest BCUT2D eigenvalue weighted by Crippen LogP contribution is 2.13. The summed E-state index contributed by atoms with van der Waals surface area (Å²) in [6.07, 6.45) is 0. The van der Waals surface area contributed by atoms with E-state index in [-0.39, 0.29) is 29.5 Å². The minimum Gasteiger partial charge on any atom is -0.454 e. The van der Waals surface area contributed by atoms with E-state index in [1.807, 2.05) is 13.8 Å². The molecule has 11 heteroatoms. The molecule has 0 fully saturated rings. The van der Waals surface area contributed by atoms with Gasteiger partial charge in [0.2, 0.25) is 5.78 Å². The topological polar surface area (TPSA) is 157 Å². The number of rotatable bonds is 7. The second-order valence-corrected chi connectivity index (χ2v) is 6.71. The van der Waals surface area contributed by atoms with Gasteiger partial charge in [0.25, 0.3) is 11.2 Å². The summed E-state index contributed by atoms with van der Waals surface area (Å²) in [5, 5.41) is 10.6. The van der Waals surface area contributed by atoms with Crippen molar-refractivity contribution in [1.29, 1.82) is 0 Å². The van der Waals surface area contributed by atoms with Crippen molar-refractivity contribution in [2.45, 2.75) is 20.4 Å². The first-order valence-corrected chi connectivity index (χ1v) is 8.58. The molecule has 11 nitrogen and oxygen atoms in total. The van der Waals surface area contributed by atoms with Crippen molar-refractivity contribution in [3.8, 4) is 0 Å². The fraction of sp³-hybridized carbons (Fsp3) is 0.333. The molecule has 0 aliphatic heterocycles. The molecule has 0 aliphatic rings. The van der Waals surface area contributed by atoms with Crippen LogP contribution in [0.5, 0.6) is 0 Å². The van der Waals surface area contributed by atoms with E-state index in [2.05, 4.69) is 0 Å². The van der Waals surface area contributed by atoms with Crippen molar-refractivity contribution in [3.05, 3.63) is 66.3 Å². The van der Waals surface area contributed by atoms with Gasteiger partial charge in [-0.15, -0.1) is 0 Å². The molecule has 0 saturated heterocycles. The summed E-state index contributed by atoms with van der Waals surface area (Å²) in [5.74, 6) is -2.03. The van der Waals surface area contributed by atoms with E-state index in [9.17, 15) is 29.3 Å². The lowest BCUT2D eigenvalue weighted by molar-refractivity contribution is -0.384. The highest BCUT2D eigenvalue weighted by atomic mass is 16.6. The van der Waals surface area contributed by atoms with Crippen LogP contribution in [0.4, 0.5) is 11.5 Å². The predicted octanol–water partition coefficient (Wildman–Crippen LogP) is 0.733. The minimum atomic E-state index is -0.904. The molecule has 2 N–H and O–H groups in total. The van der Waals surface area contributed by atoms with Crippen molar-refractivity contribution in [2.24, 2.45) is 13.0 Å². The number of ketones is 1. The van der Waals surface area contributed by atoms with E-state index in [1.165, 1.54) is 19.2 Å². The van der Waals surface area contributed by atoms with Gasteiger partial charge < -0.3 is 10.5 Å². The van der Waals surface area contributed by atoms with Crippen LogP contribution >= 0.6 is 0 Å². The Morgan fingerprint density at radius 2 is 1.79 bits per heavy atom. The lowest BCUT2D eigenvalue weighted by Gasteiger charge is -2.16. The van der Waals surface area contributed by atoms with E-state index in [0.717, 1.165) is 21.3 Å². The van der Waals surface area contributed by atoms with Gasteiger partial charge in [-0.1, -0.05) is 13.8 Å². The molecule has 1 aromatic heterocycles. The third-order valence-corrected chi connectivity index (χ3v) is 4.06. The molecule has 1 heterocycles. The van der Waals surface area contributed by atoms with Gasteiger partial charge in [-0.05, 0) is 18.1 Å². The molecule has 2 rings (SSSR count). The highest BCUT2D eigenvalue weighted by Gasteiger charge is 2.23. The van der Waals surface area contributed by atoms with Crippen LogP contribution in [0.3, 0.4) is 0 Å². The molecule has 0 bridgehead atoms. The van der Waals surface area contributed by atoms with Gasteiger partial charge in [-0.2, -0.15) is 0 Å². The highest BCUT2D eigenvalue weighted by molar-refractivity contribution is 6.02. The Kier molecular flexibility index (Phi) is 6.32. The average molecular weight is 404 g/mol. The first-order valence-electron chi connectivity index (χ1n) is 8.58. The van der Waals surface area contributed by atoms with E-state index in [4.69, 9.17) is 10.5 Å². The molecular weight excluding hydrogens is 384 g/mol. The maximum atomic E-state index is 12.5.